The number of rotatable bonds is 7. The van der Waals surface area contributed by atoms with Gasteiger partial charge in [0.25, 0.3) is 0 Å². The second-order valence-electron chi connectivity index (χ2n) is 7.88. The molecule has 2 aromatic rings. The lowest BCUT2D eigenvalue weighted by atomic mass is 10.1. The van der Waals surface area contributed by atoms with Crippen LogP contribution in [0.25, 0.3) is 0 Å². The quantitative estimate of drug-likeness (QED) is 0.656. The van der Waals surface area contributed by atoms with Crippen LogP contribution in [0, 0.1) is 12.8 Å². The first-order valence-electron chi connectivity index (χ1n) is 9.60. The molecule has 0 amide bonds. The van der Waals surface area contributed by atoms with Crippen LogP contribution in [0.1, 0.15) is 59.5 Å². The monoisotopic (exact) mass is 403 g/mol. The zero-order chi connectivity index (χ0) is 20.1. The topological polar surface area (TPSA) is 76.8 Å². The van der Waals surface area contributed by atoms with E-state index in [-0.39, 0.29) is 17.5 Å². The first-order valence-corrected chi connectivity index (χ1v) is 11.0. The normalized spacial score (nSPS) is 21.7. The highest BCUT2D eigenvalue weighted by Crippen LogP contribution is 2.47. The van der Waals surface area contributed by atoms with E-state index in [1.54, 1.807) is 13.0 Å². The molecule has 2 saturated carbocycles. The van der Waals surface area contributed by atoms with Gasteiger partial charge in [-0.05, 0) is 68.0 Å². The maximum Gasteiger partial charge on any atom is 0.337 e. The van der Waals surface area contributed by atoms with Gasteiger partial charge in [0.1, 0.15) is 11.5 Å². The standard InChI is InChI=1S/C21H25NO5S/c1-13-11-18(13)19-8-7-17(27-19)12-22(16-5-6-16)28(24,25)20-9-4-15(10-14(20)2)21(23)26-3/h4,7-10,13,16,18H,5-6,11-12H2,1-3H3. The van der Waals surface area contributed by atoms with E-state index in [0.29, 0.717) is 28.7 Å². The van der Waals surface area contributed by atoms with Crippen LogP contribution < -0.4 is 0 Å². The summed E-state index contributed by atoms with van der Waals surface area (Å²) in [7, 11) is -2.40. The van der Waals surface area contributed by atoms with Crippen molar-refractivity contribution in [1.29, 1.82) is 0 Å². The summed E-state index contributed by atoms with van der Waals surface area (Å²) in [5.41, 5.74) is 0.867. The molecule has 1 heterocycles. The van der Waals surface area contributed by atoms with E-state index in [2.05, 4.69) is 6.92 Å². The average molecular weight is 404 g/mol. The van der Waals surface area contributed by atoms with E-state index in [4.69, 9.17) is 9.15 Å². The van der Waals surface area contributed by atoms with Crippen molar-refractivity contribution in [3.8, 4) is 0 Å². The molecular weight excluding hydrogens is 378 g/mol. The van der Waals surface area contributed by atoms with Gasteiger partial charge >= 0.3 is 5.97 Å². The van der Waals surface area contributed by atoms with E-state index in [1.807, 2.05) is 12.1 Å². The molecule has 0 aliphatic heterocycles. The largest absolute Gasteiger partial charge is 0.465 e. The number of hydrogen-bond donors (Lipinski definition) is 0. The van der Waals surface area contributed by atoms with Crippen LogP contribution in [0.4, 0.5) is 0 Å². The van der Waals surface area contributed by atoms with Crippen LogP contribution in [-0.4, -0.2) is 31.8 Å². The van der Waals surface area contributed by atoms with Gasteiger partial charge in [-0.1, -0.05) is 6.92 Å². The Kier molecular flexibility index (Phi) is 4.83. The summed E-state index contributed by atoms with van der Waals surface area (Å²) in [5.74, 6) is 2.25. The van der Waals surface area contributed by atoms with Gasteiger partial charge in [-0.15, -0.1) is 0 Å². The molecule has 0 spiro atoms. The molecule has 0 radical (unpaired) electrons. The molecule has 2 aliphatic carbocycles. The summed E-state index contributed by atoms with van der Waals surface area (Å²) in [6.07, 6.45) is 2.83. The Balaban J connectivity index is 1.60. The molecule has 2 aliphatic rings. The van der Waals surface area contributed by atoms with Crippen LogP contribution in [0.3, 0.4) is 0 Å². The minimum atomic E-state index is -3.70. The van der Waals surface area contributed by atoms with Gasteiger partial charge in [-0.25, -0.2) is 13.2 Å². The third kappa shape index (κ3) is 3.61. The van der Waals surface area contributed by atoms with Crippen LogP contribution in [-0.2, 0) is 21.3 Å². The van der Waals surface area contributed by atoms with Crippen molar-refractivity contribution in [3.05, 3.63) is 53.0 Å². The zero-order valence-electron chi connectivity index (χ0n) is 16.3. The van der Waals surface area contributed by atoms with Crippen molar-refractivity contribution in [2.45, 2.75) is 56.5 Å². The Hall–Kier alpha value is -2.12. The lowest BCUT2D eigenvalue weighted by Gasteiger charge is -2.22. The number of aryl methyl sites for hydroxylation is 1. The lowest BCUT2D eigenvalue weighted by molar-refractivity contribution is 0.0600. The first-order chi connectivity index (χ1) is 13.3. The minimum absolute atomic E-state index is 0.00178. The molecule has 28 heavy (non-hydrogen) atoms. The minimum Gasteiger partial charge on any atom is -0.465 e. The van der Waals surface area contributed by atoms with Crippen molar-refractivity contribution in [1.82, 2.24) is 4.31 Å². The molecule has 0 N–H and O–H groups in total. The molecule has 6 nitrogen and oxygen atoms in total. The highest BCUT2D eigenvalue weighted by atomic mass is 32.2. The second-order valence-corrected chi connectivity index (χ2v) is 9.74. The third-order valence-corrected chi connectivity index (χ3v) is 7.66. The molecule has 7 heteroatoms. The fourth-order valence-corrected chi connectivity index (χ4v) is 5.49. The summed E-state index contributed by atoms with van der Waals surface area (Å²) in [6.45, 7) is 4.12. The molecule has 0 saturated heterocycles. The Morgan fingerprint density at radius 2 is 1.96 bits per heavy atom. The second kappa shape index (κ2) is 7.04. The lowest BCUT2D eigenvalue weighted by Crippen LogP contribution is -2.33. The van der Waals surface area contributed by atoms with Gasteiger partial charge in [-0.2, -0.15) is 4.31 Å². The molecule has 1 aromatic heterocycles. The third-order valence-electron chi connectivity index (χ3n) is 5.61. The van der Waals surface area contributed by atoms with Crippen LogP contribution >= 0.6 is 0 Å². The van der Waals surface area contributed by atoms with E-state index in [9.17, 15) is 13.2 Å². The maximum atomic E-state index is 13.4. The molecule has 1 aromatic carbocycles. The van der Waals surface area contributed by atoms with Gasteiger partial charge in [0.2, 0.25) is 10.0 Å². The van der Waals surface area contributed by atoms with Gasteiger partial charge in [0.05, 0.1) is 24.1 Å². The number of carbonyl (C=O) groups is 1. The first kappa shape index (κ1) is 19.2. The van der Waals surface area contributed by atoms with E-state index in [1.165, 1.54) is 23.5 Å². The Morgan fingerprint density at radius 3 is 2.54 bits per heavy atom. The number of sulfonamides is 1. The number of hydrogen-bond acceptors (Lipinski definition) is 5. The molecular formula is C21H25NO5S. The van der Waals surface area contributed by atoms with E-state index in [0.717, 1.165) is 25.0 Å². The van der Waals surface area contributed by atoms with Crippen LogP contribution in [0.15, 0.2) is 39.6 Å². The zero-order valence-corrected chi connectivity index (χ0v) is 17.2. The maximum absolute atomic E-state index is 13.4. The number of benzene rings is 1. The summed E-state index contributed by atoms with van der Waals surface area (Å²) in [5, 5.41) is 0. The fraction of sp³-hybridized carbons (Fsp3) is 0.476. The summed E-state index contributed by atoms with van der Waals surface area (Å²) >= 11 is 0. The van der Waals surface area contributed by atoms with Gasteiger partial charge in [0.15, 0.2) is 0 Å². The Labute approximate surface area is 165 Å². The summed E-state index contributed by atoms with van der Waals surface area (Å²) in [4.78, 5) is 11.9. The smallest absolute Gasteiger partial charge is 0.337 e. The number of methoxy groups -OCH3 is 1. The Morgan fingerprint density at radius 1 is 1.25 bits per heavy atom. The van der Waals surface area contributed by atoms with Crippen LogP contribution in [0.2, 0.25) is 0 Å². The van der Waals surface area contributed by atoms with E-state index < -0.39 is 16.0 Å². The van der Waals surface area contributed by atoms with Gasteiger partial charge in [-0.3, -0.25) is 0 Å². The van der Waals surface area contributed by atoms with Gasteiger partial charge < -0.3 is 9.15 Å². The molecule has 4 rings (SSSR count). The van der Waals surface area contributed by atoms with Crippen molar-refractivity contribution >= 4 is 16.0 Å². The fourth-order valence-electron chi connectivity index (χ4n) is 3.63. The van der Waals surface area contributed by atoms with Crippen LogP contribution in [0.5, 0.6) is 0 Å². The highest BCUT2D eigenvalue weighted by molar-refractivity contribution is 7.89. The molecule has 150 valence electrons. The molecule has 2 fully saturated rings. The number of carbonyl (C=O) groups excluding carboxylic acids is 1. The summed E-state index contributed by atoms with van der Waals surface area (Å²) < 4.78 is 38.9. The van der Waals surface area contributed by atoms with Crippen molar-refractivity contribution < 1.29 is 22.4 Å². The molecule has 0 bridgehead atoms. The predicted octanol–water partition coefficient (Wildman–Crippen LogP) is 3.85. The number of furan rings is 1. The average Bonchev–Trinajstić information content (AvgIpc) is 3.58. The summed E-state index contributed by atoms with van der Waals surface area (Å²) in [6, 6.07) is 8.40. The predicted molar refractivity (Wildman–Crippen MR) is 103 cm³/mol. The number of ether oxygens (including phenoxy) is 1. The van der Waals surface area contributed by atoms with Crippen molar-refractivity contribution in [2.24, 2.45) is 5.92 Å². The molecule has 2 unspecified atom stereocenters. The van der Waals surface area contributed by atoms with E-state index >= 15 is 0 Å². The highest BCUT2D eigenvalue weighted by Gasteiger charge is 2.40. The van der Waals surface area contributed by atoms with Crippen molar-refractivity contribution in [2.75, 3.05) is 7.11 Å². The number of nitrogens with zero attached hydrogens (tertiary/aromatic N) is 1. The van der Waals surface area contributed by atoms with Gasteiger partial charge in [0, 0.05) is 12.0 Å². The molecule has 2 atom stereocenters. The SMILES string of the molecule is COC(=O)c1ccc(S(=O)(=O)N(Cc2ccc(C3CC3C)o2)C2CC2)c(C)c1. The van der Waals surface area contributed by atoms with Crippen molar-refractivity contribution in [3.63, 3.8) is 0 Å². The number of esters is 1. The Bertz CT molecular complexity index is 1010.